The van der Waals surface area contributed by atoms with Gasteiger partial charge in [0.25, 0.3) is 5.91 Å². The second-order valence-electron chi connectivity index (χ2n) is 11.4. The lowest BCUT2D eigenvalue weighted by atomic mass is 9.68. The Morgan fingerprint density at radius 1 is 0.698 bits per heavy atom. The number of para-hydroxylation sites is 2. The van der Waals surface area contributed by atoms with Crippen molar-refractivity contribution in [3.8, 4) is 0 Å². The third kappa shape index (κ3) is 4.56. The van der Waals surface area contributed by atoms with Crippen molar-refractivity contribution in [2.75, 3.05) is 5.01 Å². The molecule has 7 rings (SSSR count). The van der Waals surface area contributed by atoms with Gasteiger partial charge in [-0.25, -0.2) is 0 Å². The molecule has 0 bridgehead atoms. The van der Waals surface area contributed by atoms with E-state index in [2.05, 4.69) is 103 Å². The minimum Gasteiger partial charge on any atom is -0.357 e. The zero-order valence-corrected chi connectivity index (χ0v) is 24.4. The number of hydrazone groups is 1. The van der Waals surface area contributed by atoms with Gasteiger partial charge in [-0.3, -0.25) is 4.79 Å². The Labute approximate surface area is 252 Å². The van der Waals surface area contributed by atoms with Gasteiger partial charge in [-0.1, -0.05) is 127 Å². The highest BCUT2D eigenvalue weighted by molar-refractivity contribution is 6.25. The van der Waals surface area contributed by atoms with Crippen molar-refractivity contribution >= 4 is 28.2 Å². The van der Waals surface area contributed by atoms with Crippen LogP contribution in [-0.4, -0.2) is 16.6 Å². The summed E-state index contributed by atoms with van der Waals surface area (Å²) in [6, 6.07) is 47.8. The summed E-state index contributed by atoms with van der Waals surface area (Å²) in [6.45, 7) is 4.10. The second-order valence-corrected chi connectivity index (χ2v) is 11.4. The maximum atomic E-state index is 15.1. The minimum absolute atomic E-state index is 0.0392. The van der Waals surface area contributed by atoms with Crippen molar-refractivity contribution < 1.29 is 4.79 Å². The molecular formula is C39H33N3O. The lowest BCUT2D eigenvalue weighted by molar-refractivity contribution is -0.121. The first-order chi connectivity index (χ1) is 21.1. The molecule has 1 atom stereocenters. The van der Waals surface area contributed by atoms with E-state index in [-0.39, 0.29) is 11.8 Å². The molecule has 4 nitrogen and oxygen atoms in total. The quantitative estimate of drug-likeness (QED) is 0.209. The van der Waals surface area contributed by atoms with Gasteiger partial charge >= 0.3 is 0 Å². The van der Waals surface area contributed by atoms with Gasteiger partial charge in [0.1, 0.15) is 5.41 Å². The third-order valence-corrected chi connectivity index (χ3v) is 8.73. The molecule has 4 heteroatoms. The van der Waals surface area contributed by atoms with Crippen molar-refractivity contribution in [3.63, 3.8) is 0 Å². The van der Waals surface area contributed by atoms with E-state index >= 15 is 4.79 Å². The predicted octanol–water partition coefficient (Wildman–Crippen LogP) is 8.56. The number of aromatic nitrogens is 1. The van der Waals surface area contributed by atoms with E-state index in [1.54, 1.807) is 5.01 Å². The fourth-order valence-corrected chi connectivity index (χ4v) is 6.61. The van der Waals surface area contributed by atoms with Crippen molar-refractivity contribution in [1.82, 2.24) is 4.98 Å². The summed E-state index contributed by atoms with van der Waals surface area (Å²) in [5, 5.41) is 7.65. The van der Waals surface area contributed by atoms with Crippen LogP contribution in [-0.2, 0) is 16.6 Å². The molecule has 0 spiro atoms. The highest BCUT2D eigenvalue weighted by atomic mass is 16.2. The van der Waals surface area contributed by atoms with Gasteiger partial charge in [-0.05, 0) is 55.2 Å². The zero-order chi connectivity index (χ0) is 29.4. The molecule has 0 fully saturated rings. The van der Waals surface area contributed by atoms with Gasteiger partial charge in [0.15, 0.2) is 0 Å². The fourth-order valence-electron chi connectivity index (χ4n) is 6.61. The lowest BCUT2D eigenvalue weighted by Gasteiger charge is -2.32. The zero-order valence-electron chi connectivity index (χ0n) is 24.4. The summed E-state index contributed by atoms with van der Waals surface area (Å²) in [5.74, 6) is -0.159. The molecule has 2 heterocycles. The molecule has 1 aromatic heterocycles. The Hall–Kier alpha value is -5.22. The number of hydrogen-bond acceptors (Lipinski definition) is 2. The van der Waals surface area contributed by atoms with Gasteiger partial charge in [0.2, 0.25) is 0 Å². The van der Waals surface area contributed by atoms with Crippen molar-refractivity contribution in [3.05, 3.63) is 173 Å². The Morgan fingerprint density at radius 2 is 1.26 bits per heavy atom. The second kappa shape index (κ2) is 10.9. The number of nitrogens with zero attached hydrogens (tertiary/aromatic N) is 2. The van der Waals surface area contributed by atoms with Gasteiger partial charge in [-0.15, -0.1) is 0 Å². The normalized spacial score (nSPS) is 16.7. The standard InChI is InChI=1S/C39H33N3O/c1-27-22-24-29(25-23-27)26-39(28(2)41-42(38(39)43)32-18-10-5-11-19-32)36-33-20-12-13-21-34(33)40-37(36)35(30-14-6-3-7-15-30)31-16-8-4-9-17-31/h3-25,35,40H,26H2,1-2H3/t39-/m1/s1. The van der Waals surface area contributed by atoms with Crippen LogP contribution in [0.4, 0.5) is 5.69 Å². The van der Waals surface area contributed by atoms with Crippen LogP contribution in [0.1, 0.15) is 46.4 Å². The predicted molar refractivity (Wildman–Crippen MR) is 176 cm³/mol. The molecule has 1 N–H and O–H groups in total. The number of amides is 1. The first-order valence-electron chi connectivity index (χ1n) is 14.8. The summed E-state index contributed by atoms with van der Waals surface area (Å²) in [6.07, 6.45) is 0.496. The maximum absolute atomic E-state index is 15.1. The number of hydrogen-bond donors (Lipinski definition) is 1. The van der Waals surface area contributed by atoms with Crippen LogP contribution in [0.2, 0.25) is 0 Å². The maximum Gasteiger partial charge on any atom is 0.264 e. The van der Waals surface area contributed by atoms with E-state index < -0.39 is 5.41 Å². The molecule has 0 unspecified atom stereocenters. The summed E-state index contributed by atoms with van der Waals surface area (Å²) in [7, 11) is 0. The highest BCUT2D eigenvalue weighted by Crippen LogP contribution is 2.47. The molecule has 0 saturated carbocycles. The van der Waals surface area contributed by atoms with Gasteiger partial charge in [0.05, 0.1) is 11.4 Å². The van der Waals surface area contributed by atoms with Crippen LogP contribution >= 0.6 is 0 Å². The topological polar surface area (TPSA) is 48.5 Å². The third-order valence-electron chi connectivity index (χ3n) is 8.73. The SMILES string of the molecule is CC1=NN(c2ccccc2)C(=O)[C@@]1(Cc1ccc(C)cc1)c1c(C(c2ccccc2)c2ccccc2)[nH]c2ccccc12. The van der Waals surface area contributed by atoms with Crippen molar-refractivity contribution in [1.29, 1.82) is 0 Å². The number of rotatable bonds is 7. The van der Waals surface area contributed by atoms with Crippen LogP contribution in [0.15, 0.2) is 145 Å². The van der Waals surface area contributed by atoms with Crippen LogP contribution in [0, 0.1) is 6.92 Å². The van der Waals surface area contributed by atoms with Crippen LogP contribution in [0.3, 0.4) is 0 Å². The van der Waals surface area contributed by atoms with Gasteiger partial charge in [-0.2, -0.15) is 10.1 Å². The molecule has 0 radical (unpaired) electrons. The van der Waals surface area contributed by atoms with E-state index in [0.717, 1.165) is 50.2 Å². The van der Waals surface area contributed by atoms with E-state index in [9.17, 15) is 0 Å². The van der Waals surface area contributed by atoms with E-state index in [1.807, 2.05) is 55.5 Å². The number of benzene rings is 5. The smallest absolute Gasteiger partial charge is 0.264 e. The van der Waals surface area contributed by atoms with E-state index in [0.29, 0.717) is 6.42 Å². The first-order valence-corrected chi connectivity index (χ1v) is 14.8. The molecule has 43 heavy (non-hydrogen) atoms. The largest absolute Gasteiger partial charge is 0.357 e. The van der Waals surface area contributed by atoms with E-state index in [1.165, 1.54) is 5.56 Å². The van der Waals surface area contributed by atoms with Gasteiger partial charge < -0.3 is 4.98 Å². The number of anilines is 1. The Morgan fingerprint density at radius 3 is 1.88 bits per heavy atom. The Bertz CT molecular complexity index is 1890. The van der Waals surface area contributed by atoms with E-state index in [4.69, 9.17) is 5.10 Å². The first kappa shape index (κ1) is 26.7. The van der Waals surface area contributed by atoms with Crippen LogP contribution in [0.5, 0.6) is 0 Å². The monoisotopic (exact) mass is 559 g/mol. The highest BCUT2D eigenvalue weighted by Gasteiger charge is 2.54. The van der Waals surface area contributed by atoms with Crippen molar-refractivity contribution in [2.24, 2.45) is 5.10 Å². The number of nitrogens with one attached hydrogen (secondary N) is 1. The average Bonchev–Trinajstić information content (AvgIpc) is 3.55. The summed E-state index contributed by atoms with van der Waals surface area (Å²) < 4.78 is 0. The molecule has 0 saturated heterocycles. The molecule has 6 aromatic rings. The molecule has 1 aliphatic heterocycles. The van der Waals surface area contributed by atoms with Gasteiger partial charge in [0, 0.05) is 28.1 Å². The number of carbonyl (C=O) groups excluding carboxylic acids is 1. The number of aromatic amines is 1. The number of carbonyl (C=O) groups is 1. The molecule has 0 aliphatic carbocycles. The molecule has 1 aliphatic rings. The molecule has 1 amide bonds. The average molecular weight is 560 g/mol. The Kier molecular flexibility index (Phi) is 6.75. The lowest BCUT2D eigenvalue weighted by Crippen LogP contribution is -2.46. The van der Waals surface area contributed by atoms with Crippen LogP contribution in [0.25, 0.3) is 10.9 Å². The summed E-state index contributed by atoms with van der Waals surface area (Å²) in [4.78, 5) is 18.9. The Balaban J connectivity index is 1.54. The molecule has 5 aromatic carbocycles. The molecular weight excluding hydrogens is 526 g/mol. The van der Waals surface area contributed by atoms with Crippen molar-refractivity contribution in [2.45, 2.75) is 31.6 Å². The summed E-state index contributed by atoms with van der Waals surface area (Å²) >= 11 is 0. The minimum atomic E-state index is -1.03. The summed E-state index contributed by atoms with van der Waals surface area (Å²) in [5.41, 5.74) is 8.14. The number of H-pyrrole nitrogens is 1. The van der Waals surface area contributed by atoms with Crippen LogP contribution < -0.4 is 5.01 Å². The number of fused-ring (bicyclic) bond motifs is 1. The number of aryl methyl sites for hydroxylation is 1. The molecule has 210 valence electrons. The fraction of sp³-hybridized carbons (Fsp3) is 0.128.